The molecule has 0 aliphatic rings. The number of rotatable bonds is 7. The molecule has 5 heteroatoms. The van der Waals surface area contributed by atoms with Gasteiger partial charge in [0, 0.05) is 25.7 Å². The summed E-state index contributed by atoms with van der Waals surface area (Å²) >= 11 is 0. The van der Waals surface area contributed by atoms with Crippen molar-refractivity contribution >= 4 is 5.96 Å². The van der Waals surface area contributed by atoms with Gasteiger partial charge in [0.15, 0.2) is 5.96 Å². The van der Waals surface area contributed by atoms with Crippen molar-refractivity contribution in [3.05, 3.63) is 42.3 Å². The molecule has 1 heterocycles. The van der Waals surface area contributed by atoms with Crippen LogP contribution in [0.5, 0.6) is 0 Å². The number of aromatic nitrogens is 1. The Labute approximate surface area is 138 Å². The first-order chi connectivity index (χ1) is 11.2. The van der Waals surface area contributed by atoms with Crippen LogP contribution in [0.15, 0.2) is 46.0 Å². The summed E-state index contributed by atoms with van der Waals surface area (Å²) < 4.78 is 5.55. The smallest absolute Gasteiger partial charge is 0.226 e. The number of benzene rings is 1. The molecule has 0 saturated carbocycles. The highest BCUT2D eigenvalue weighted by atomic mass is 16.3. The monoisotopic (exact) mass is 314 g/mol. The van der Waals surface area contributed by atoms with E-state index in [1.165, 1.54) is 6.42 Å². The predicted molar refractivity (Wildman–Crippen MR) is 94.3 cm³/mol. The number of aliphatic imine (C=N–C) groups is 1. The summed E-state index contributed by atoms with van der Waals surface area (Å²) in [5, 5.41) is 3.32. The molecule has 1 aromatic heterocycles. The molecule has 0 aliphatic carbocycles. The van der Waals surface area contributed by atoms with Crippen LogP contribution in [0.2, 0.25) is 0 Å². The number of nitrogens with zero attached hydrogens (tertiary/aromatic N) is 3. The fourth-order valence-electron chi connectivity index (χ4n) is 2.22. The normalized spacial score (nSPS) is 11.5. The molecule has 0 unspecified atom stereocenters. The van der Waals surface area contributed by atoms with E-state index >= 15 is 0 Å². The van der Waals surface area contributed by atoms with E-state index < -0.39 is 0 Å². The van der Waals surface area contributed by atoms with E-state index in [0.29, 0.717) is 12.4 Å². The summed E-state index contributed by atoms with van der Waals surface area (Å²) in [4.78, 5) is 11.3. The molecule has 1 N–H and O–H groups in total. The Bertz CT molecular complexity index is 606. The van der Waals surface area contributed by atoms with Crippen LogP contribution >= 0.6 is 0 Å². The average molecular weight is 314 g/mol. The third kappa shape index (κ3) is 5.13. The van der Waals surface area contributed by atoms with Gasteiger partial charge in [-0.1, -0.05) is 31.5 Å². The minimum atomic E-state index is 0.509. The van der Waals surface area contributed by atoms with E-state index in [4.69, 9.17) is 4.42 Å². The number of nitrogens with one attached hydrogen (secondary N) is 1. The zero-order chi connectivity index (χ0) is 16.5. The number of oxazole rings is 1. The Morgan fingerprint density at radius 3 is 2.74 bits per heavy atom. The summed E-state index contributed by atoms with van der Waals surface area (Å²) in [7, 11) is 2.06. The molecule has 5 nitrogen and oxygen atoms in total. The molecule has 0 fully saturated rings. The molecule has 0 amide bonds. The molecule has 0 aliphatic heterocycles. The molecule has 0 spiro atoms. The number of unbranched alkanes of at least 4 members (excludes halogenated alkanes) is 1. The summed E-state index contributed by atoms with van der Waals surface area (Å²) in [5.41, 5.74) is 1.82. The first-order valence-corrected chi connectivity index (χ1v) is 8.23. The zero-order valence-corrected chi connectivity index (χ0v) is 14.2. The molecule has 0 saturated heterocycles. The van der Waals surface area contributed by atoms with Crippen molar-refractivity contribution < 1.29 is 4.42 Å². The van der Waals surface area contributed by atoms with Crippen molar-refractivity contribution in [1.29, 1.82) is 0 Å². The molecule has 2 rings (SSSR count). The third-order valence-corrected chi connectivity index (χ3v) is 3.51. The highest BCUT2D eigenvalue weighted by Gasteiger charge is 2.08. The number of guanidine groups is 1. The van der Waals surface area contributed by atoms with Gasteiger partial charge in [-0.05, 0) is 25.5 Å². The molecule has 0 atom stereocenters. The Hall–Kier alpha value is -2.30. The topological polar surface area (TPSA) is 53.7 Å². The maximum absolute atomic E-state index is 5.55. The van der Waals surface area contributed by atoms with E-state index in [1.54, 1.807) is 6.26 Å². The van der Waals surface area contributed by atoms with Crippen LogP contribution in [0.25, 0.3) is 11.5 Å². The van der Waals surface area contributed by atoms with E-state index in [1.807, 2.05) is 30.3 Å². The van der Waals surface area contributed by atoms with Crippen LogP contribution in [0.3, 0.4) is 0 Å². The van der Waals surface area contributed by atoms with Crippen molar-refractivity contribution in [1.82, 2.24) is 15.2 Å². The summed E-state index contributed by atoms with van der Waals surface area (Å²) in [6.07, 6.45) is 4.01. The minimum absolute atomic E-state index is 0.509. The largest absolute Gasteiger partial charge is 0.444 e. The lowest BCUT2D eigenvalue weighted by atomic mass is 10.2. The summed E-state index contributed by atoms with van der Waals surface area (Å²) in [6, 6.07) is 9.90. The lowest BCUT2D eigenvalue weighted by Gasteiger charge is -2.21. The molecule has 1 aromatic carbocycles. The van der Waals surface area contributed by atoms with E-state index in [9.17, 15) is 0 Å². The van der Waals surface area contributed by atoms with Crippen molar-refractivity contribution in [2.24, 2.45) is 4.99 Å². The van der Waals surface area contributed by atoms with Crippen molar-refractivity contribution in [3.8, 4) is 11.5 Å². The highest BCUT2D eigenvalue weighted by molar-refractivity contribution is 5.79. The quantitative estimate of drug-likeness (QED) is 0.627. The Morgan fingerprint density at radius 2 is 2.04 bits per heavy atom. The van der Waals surface area contributed by atoms with Crippen molar-refractivity contribution in [2.75, 3.05) is 20.1 Å². The van der Waals surface area contributed by atoms with Crippen LogP contribution in [-0.4, -0.2) is 36.0 Å². The Kier molecular flexibility index (Phi) is 6.66. The molecule has 2 aromatic rings. The molecular weight excluding hydrogens is 288 g/mol. The molecule has 23 heavy (non-hydrogen) atoms. The first-order valence-electron chi connectivity index (χ1n) is 8.23. The maximum atomic E-state index is 5.55. The molecule has 0 radical (unpaired) electrons. The van der Waals surface area contributed by atoms with Crippen LogP contribution in [0.1, 0.15) is 32.4 Å². The maximum Gasteiger partial charge on any atom is 0.226 e. The lowest BCUT2D eigenvalue weighted by molar-refractivity contribution is 0.464. The summed E-state index contributed by atoms with van der Waals surface area (Å²) in [5.74, 6) is 1.55. The van der Waals surface area contributed by atoms with Gasteiger partial charge in [0.05, 0.1) is 6.54 Å². The van der Waals surface area contributed by atoms with Gasteiger partial charge >= 0.3 is 0 Å². The number of hydrogen-bond donors (Lipinski definition) is 1. The van der Waals surface area contributed by atoms with Crippen molar-refractivity contribution in [3.63, 3.8) is 0 Å². The minimum Gasteiger partial charge on any atom is -0.444 e. The Morgan fingerprint density at radius 1 is 1.26 bits per heavy atom. The van der Waals surface area contributed by atoms with Crippen molar-refractivity contribution in [2.45, 2.75) is 33.2 Å². The van der Waals surface area contributed by atoms with Gasteiger partial charge in [-0.25, -0.2) is 9.98 Å². The fraction of sp³-hybridized carbons (Fsp3) is 0.444. The van der Waals surface area contributed by atoms with Gasteiger partial charge in [-0.15, -0.1) is 0 Å². The van der Waals surface area contributed by atoms with E-state index in [0.717, 1.165) is 36.7 Å². The molecule has 124 valence electrons. The molecule has 0 bridgehead atoms. The van der Waals surface area contributed by atoms with Gasteiger partial charge in [0.25, 0.3) is 0 Å². The van der Waals surface area contributed by atoms with Gasteiger partial charge in [-0.2, -0.15) is 0 Å². The second kappa shape index (κ2) is 8.98. The van der Waals surface area contributed by atoms with Crippen LogP contribution in [-0.2, 0) is 6.54 Å². The van der Waals surface area contributed by atoms with E-state index in [2.05, 4.69) is 41.1 Å². The SMILES string of the molecule is CCCCN(C)C(=NCc1coc(-c2ccccc2)n1)NCC. The Balaban J connectivity index is 2.03. The first kappa shape index (κ1) is 17.1. The second-order valence-electron chi connectivity index (χ2n) is 5.46. The molecular formula is C18H26N4O. The standard InChI is InChI=1S/C18H26N4O/c1-4-6-12-22(3)18(19-5-2)20-13-16-14-23-17(21-16)15-10-8-7-9-11-15/h7-11,14H,4-6,12-13H2,1-3H3,(H,19,20). The van der Waals surface area contributed by atoms with Gasteiger partial charge in [0.1, 0.15) is 12.0 Å². The second-order valence-corrected chi connectivity index (χ2v) is 5.46. The van der Waals surface area contributed by atoms with Crippen LogP contribution in [0, 0.1) is 0 Å². The van der Waals surface area contributed by atoms with Gasteiger partial charge < -0.3 is 14.6 Å². The fourth-order valence-corrected chi connectivity index (χ4v) is 2.22. The highest BCUT2D eigenvalue weighted by Crippen LogP contribution is 2.18. The van der Waals surface area contributed by atoms with Crippen LogP contribution < -0.4 is 5.32 Å². The predicted octanol–water partition coefficient (Wildman–Crippen LogP) is 3.54. The third-order valence-electron chi connectivity index (χ3n) is 3.51. The van der Waals surface area contributed by atoms with Crippen LogP contribution in [0.4, 0.5) is 0 Å². The van der Waals surface area contributed by atoms with E-state index in [-0.39, 0.29) is 0 Å². The van der Waals surface area contributed by atoms with Gasteiger partial charge in [0.2, 0.25) is 5.89 Å². The zero-order valence-electron chi connectivity index (χ0n) is 14.2. The summed E-state index contributed by atoms with van der Waals surface area (Å²) in [6.45, 7) is 6.63. The number of hydrogen-bond acceptors (Lipinski definition) is 3. The van der Waals surface area contributed by atoms with Gasteiger partial charge in [-0.3, -0.25) is 0 Å². The lowest BCUT2D eigenvalue weighted by Crippen LogP contribution is -2.39. The average Bonchev–Trinajstić information content (AvgIpc) is 3.06.